The van der Waals surface area contributed by atoms with Gasteiger partial charge < -0.3 is 10.4 Å². The fraction of sp³-hybridized carbons (Fsp3) is 0.0667. The van der Waals surface area contributed by atoms with Crippen LogP contribution in [0, 0.1) is 17.0 Å². The Bertz CT molecular complexity index is 820. The van der Waals surface area contributed by atoms with Crippen molar-refractivity contribution >= 4 is 34.9 Å². The normalized spacial score (nSPS) is 10.2. The van der Waals surface area contributed by atoms with E-state index >= 15 is 0 Å². The summed E-state index contributed by atoms with van der Waals surface area (Å²) in [4.78, 5) is 33.2. The molecule has 0 heterocycles. The third kappa shape index (κ3) is 3.64. The molecule has 0 aliphatic heterocycles. The van der Waals surface area contributed by atoms with Gasteiger partial charge in [-0.15, -0.1) is 0 Å². The second-order valence-corrected chi connectivity index (χ2v) is 5.12. The number of nitrogens with zero attached hydrogens (tertiary/aromatic N) is 1. The first-order valence-corrected chi connectivity index (χ1v) is 6.76. The Kier molecular flexibility index (Phi) is 4.61. The number of amides is 1. The minimum absolute atomic E-state index is 0.0615. The molecule has 2 N–H and O–H groups in total. The number of carboxylic acids is 1. The van der Waals surface area contributed by atoms with Crippen LogP contribution in [0.15, 0.2) is 36.4 Å². The van der Waals surface area contributed by atoms with E-state index in [0.717, 1.165) is 6.07 Å². The lowest BCUT2D eigenvalue weighted by Gasteiger charge is -2.09. The van der Waals surface area contributed by atoms with Crippen molar-refractivity contribution in [2.45, 2.75) is 6.92 Å². The number of aryl methyl sites for hydroxylation is 1. The highest BCUT2D eigenvalue weighted by Gasteiger charge is 2.17. The van der Waals surface area contributed by atoms with Crippen LogP contribution in [0.3, 0.4) is 0 Å². The van der Waals surface area contributed by atoms with Gasteiger partial charge in [0.25, 0.3) is 11.6 Å². The topological polar surface area (TPSA) is 110 Å². The maximum Gasteiger partial charge on any atom is 0.335 e. The van der Waals surface area contributed by atoms with Gasteiger partial charge in [0.15, 0.2) is 0 Å². The number of halogens is 1. The quantitative estimate of drug-likeness (QED) is 0.656. The molecule has 2 aromatic rings. The van der Waals surface area contributed by atoms with E-state index in [2.05, 4.69) is 5.32 Å². The van der Waals surface area contributed by atoms with Gasteiger partial charge in [-0.2, -0.15) is 0 Å². The second-order valence-electron chi connectivity index (χ2n) is 4.71. The van der Waals surface area contributed by atoms with Crippen molar-refractivity contribution in [3.63, 3.8) is 0 Å². The highest BCUT2D eigenvalue weighted by Crippen LogP contribution is 2.26. The first kappa shape index (κ1) is 16.4. The van der Waals surface area contributed by atoms with Gasteiger partial charge in [-0.3, -0.25) is 14.9 Å². The predicted octanol–water partition coefficient (Wildman–Crippen LogP) is 3.51. The molecule has 2 rings (SSSR count). The maximum atomic E-state index is 12.2. The van der Waals surface area contributed by atoms with Crippen LogP contribution in [-0.2, 0) is 0 Å². The van der Waals surface area contributed by atoms with E-state index in [9.17, 15) is 19.7 Å². The lowest BCUT2D eigenvalue weighted by Crippen LogP contribution is -2.13. The van der Waals surface area contributed by atoms with Crippen molar-refractivity contribution in [1.82, 2.24) is 0 Å². The van der Waals surface area contributed by atoms with Gasteiger partial charge in [-0.1, -0.05) is 11.6 Å². The van der Waals surface area contributed by atoms with Gasteiger partial charge in [0, 0.05) is 17.3 Å². The first-order valence-electron chi connectivity index (χ1n) is 6.39. The molecule has 0 aliphatic rings. The average molecular weight is 335 g/mol. The minimum atomic E-state index is -1.07. The lowest BCUT2D eigenvalue weighted by molar-refractivity contribution is -0.384. The summed E-state index contributed by atoms with van der Waals surface area (Å²) in [5.74, 6) is -1.63. The summed E-state index contributed by atoms with van der Waals surface area (Å²) >= 11 is 5.70. The van der Waals surface area contributed by atoms with Gasteiger partial charge in [0.05, 0.1) is 10.5 Å². The molecule has 118 valence electrons. The van der Waals surface area contributed by atoms with Crippen molar-refractivity contribution in [1.29, 1.82) is 0 Å². The fourth-order valence-electron chi connectivity index (χ4n) is 1.93. The Labute approximate surface area is 135 Å². The first-order chi connectivity index (χ1) is 10.8. The van der Waals surface area contributed by atoms with Gasteiger partial charge >= 0.3 is 5.97 Å². The molecule has 0 atom stereocenters. The number of nitro benzene ring substituents is 1. The largest absolute Gasteiger partial charge is 0.478 e. The van der Waals surface area contributed by atoms with E-state index in [-0.39, 0.29) is 21.8 Å². The summed E-state index contributed by atoms with van der Waals surface area (Å²) in [5.41, 5.74) is 0.780. The highest BCUT2D eigenvalue weighted by molar-refractivity contribution is 6.32. The summed E-state index contributed by atoms with van der Waals surface area (Å²) in [6.45, 7) is 1.65. The molecule has 2 aromatic carbocycles. The molecule has 0 fully saturated rings. The van der Waals surface area contributed by atoms with Crippen molar-refractivity contribution in [3.8, 4) is 0 Å². The number of benzene rings is 2. The monoisotopic (exact) mass is 334 g/mol. The number of nitro groups is 1. The number of hydrogen-bond acceptors (Lipinski definition) is 4. The molecule has 0 spiro atoms. The molecule has 0 bridgehead atoms. The Balaban J connectivity index is 2.27. The zero-order chi connectivity index (χ0) is 17.1. The van der Waals surface area contributed by atoms with E-state index in [0.29, 0.717) is 11.3 Å². The third-order valence-corrected chi connectivity index (χ3v) is 3.45. The Morgan fingerprint density at radius 3 is 2.39 bits per heavy atom. The highest BCUT2D eigenvalue weighted by atomic mass is 35.5. The molecule has 23 heavy (non-hydrogen) atoms. The van der Waals surface area contributed by atoms with Crippen LogP contribution in [-0.4, -0.2) is 21.9 Å². The molecular formula is C15H11ClN2O5. The van der Waals surface area contributed by atoms with Crippen LogP contribution in [0.2, 0.25) is 5.02 Å². The Morgan fingerprint density at radius 1 is 1.17 bits per heavy atom. The Morgan fingerprint density at radius 2 is 1.83 bits per heavy atom. The number of carbonyl (C=O) groups is 2. The smallest absolute Gasteiger partial charge is 0.335 e. The van der Waals surface area contributed by atoms with Crippen molar-refractivity contribution < 1.29 is 19.6 Å². The van der Waals surface area contributed by atoms with Crippen LogP contribution >= 0.6 is 11.6 Å². The number of aromatic carboxylic acids is 1. The molecule has 1 amide bonds. The molecule has 0 aliphatic carbocycles. The summed E-state index contributed by atoms with van der Waals surface area (Å²) in [6.07, 6.45) is 0. The van der Waals surface area contributed by atoms with E-state index in [4.69, 9.17) is 16.7 Å². The molecule has 0 unspecified atom stereocenters. The molecule has 0 aromatic heterocycles. The van der Waals surface area contributed by atoms with Gasteiger partial charge in [-0.25, -0.2) is 4.79 Å². The van der Waals surface area contributed by atoms with Crippen LogP contribution in [0.1, 0.15) is 26.3 Å². The number of nitrogens with one attached hydrogen (secondary N) is 1. The van der Waals surface area contributed by atoms with Crippen LogP contribution in [0.5, 0.6) is 0 Å². The average Bonchev–Trinajstić information content (AvgIpc) is 2.49. The van der Waals surface area contributed by atoms with E-state index < -0.39 is 16.8 Å². The van der Waals surface area contributed by atoms with Crippen molar-refractivity contribution in [2.24, 2.45) is 0 Å². The number of carboxylic acid groups (broad SMARTS) is 1. The van der Waals surface area contributed by atoms with Crippen LogP contribution in [0.25, 0.3) is 0 Å². The third-order valence-electron chi connectivity index (χ3n) is 3.13. The maximum absolute atomic E-state index is 12.2. The van der Waals surface area contributed by atoms with Gasteiger partial charge in [-0.05, 0) is 42.8 Å². The lowest BCUT2D eigenvalue weighted by atomic mass is 10.1. The summed E-state index contributed by atoms with van der Waals surface area (Å²) < 4.78 is 0. The van der Waals surface area contributed by atoms with Crippen molar-refractivity contribution in [3.05, 3.63) is 68.2 Å². The Hall–Kier alpha value is -2.93. The van der Waals surface area contributed by atoms with E-state index in [1.807, 2.05) is 0 Å². The zero-order valence-electron chi connectivity index (χ0n) is 11.9. The standard InChI is InChI=1S/C15H11ClN2O5/c1-8-6-10(15(20)21)3-5-12(8)17-14(19)9-2-4-11(16)13(7-9)18(22)23/h2-7H,1H3,(H,17,19)(H,20,21). The van der Waals surface area contributed by atoms with Gasteiger partial charge in [0.2, 0.25) is 0 Å². The number of rotatable bonds is 4. The predicted molar refractivity (Wildman–Crippen MR) is 84.2 cm³/mol. The molecule has 0 saturated heterocycles. The fourth-order valence-corrected chi connectivity index (χ4v) is 2.11. The molecule has 0 radical (unpaired) electrons. The number of anilines is 1. The zero-order valence-corrected chi connectivity index (χ0v) is 12.6. The molecule has 8 heteroatoms. The summed E-state index contributed by atoms with van der Waals surface area (Å²) in [5, 5.41) is 22.3. The molecular weight excluding hydrogens is 324 g/mol. The van der Waals surface area contributed by atoms with Crippen molar-refractivity contribution in [2.75, 3.05) is 5.32 Å². The van der Waals surface area contributed by atoms with E-state index in [1.54, 1.807) is 6.92 Å². The number of hydrogen-bond donors (Lipinski definition) is 2. The van der Waals surface area contributed by atoms with E-state index in [1.165, 1.54) is 30.3 Å². The van der Waals surface area contributed by atoms with Crippen LogP contribution in [0.4, 0.5) is 11.4 Å². The molecule has 7 nitrogen and oxygen atoms in total. The summed E-state index contributed by atoms with van der Waals surface area (Å²) in [6, 6.07) is 7.96. The number of carbonyl (C=O) groups excluding carboxylic acids is 1. The second kappa shape index (κ2) is 6.45. The minimum Gasteiger partial charge on any atom is -0.478 e. The van der Waals surface area contributed by atoms with Gasteiger partial charge in [0.1, 0.15) is 5.02 Å². The summed E-state index contributed by atoms with van der Waals surface area (Å²) in [7, 11) is 0. The van der Waals surface area contributed by atoms with Crippen LogP contribution < -0.4 is 5.32 Å². The molecule has 0 saturated carbocycles. The SMILES string of the molecule is Cc1cc(C(=O)O)ccc1NC(=O)c1ccc(Cl)c([N+](=O)[O-])c1.